The number of unbranched alkanes of at least 4 members (excludes halogenated alkanes) is 2. The number of hydrogen-bond acceptors (Lipinski definition) is 3. The summed E-state index contributed by atoms with van der Waals surface area (Å²) in [6.45, 7) is 14.9. The zero-order valence-electron chi connectivity index (χ0n) is 11.9. The minimum Gasteiger partial charge on any atom is -0.479 e. The monoisotopic (exact) mass is 254 g/mol. The minimum atomic E-state index is 0.412. The Morgan fingerprint density at radius 2 is 1.61 bits per heavy atom. The summed E-state index contributed by atoms with van der Waals surface area (Å²) in [5.41, 5.74) is 0. The highest BCUT2D eigenvalue weighted by Crippen LogP contribution is 2.00. The van der Waals surface area contributed by atoms with E-state index >= 15 is 0 Å². The number of nitrogens with one attached hydrogen (secondary N) is 1. The van der Waals surface area contributed by atoms with Crippen molar-refractivity contribution < 1.29 is 9.47 Å². The van der Waals surface area contributed by atoms with Gasteiger partial charge in [0.25, 0.3) is 0 Å². The van der Waals surface area contributed by atoms with E-state index in [1.807, 2.05) is 6.92 Å². The molecule has 0 saturated carbocycles. The molecule has 0 bridgehead atoms. The fourth-order valence-corrected chi connectivity index (χ4v) is 1.16. The fraction of sp³-hybridized carbons (Fsp3) is 0.643. The van der Waals surface area contributed by atoms with Gasteiger partial charge in [0.2, 0.25) is 5.88 Å². The summed E-state index contributed by atoms with van der Waals surface area (Å²) in [7, 11) is 0. The van der Waals surface area contributed by atoms with E-state index in [0.717, 1.165) is 25.7 Å². The highest BCUT2D eigenvalue weighted by atomic mass is 16.5. The molecular formula is C14H26N2O2. The first kappa shape index (κ1) is 16.6. The molecule has 0 rings (SSSR count). The molecule has 4 nitrogen and oxygen atoms in total. The van der Waals surface area contributed by atoms with Crippen LogP contribution >= 0.6 is 0 Å². The van der Waals surface area contributed by atoms with E-state index in [-0.39, 0.29) is 0 Å². The lowest BCUT2D eigenvalue weighted by atomic mass is 10.4. The lowest BCUT2D eigenvalue weighted by Gasteiger charge is -2.11. The molecule has 0 aromatic heterocycles. The van der Waals surface area contributed by atoms with E-state index in [9.17, 15) is 0 Å². The Morgan fingerprint density at radius 1 is 1.06 bits per heavy atom. The summed E-state index contributed by atoms with van der Waals surface area (Å²) in [5, 5.41) is 2.95. The maximum Gasteiger partial charge on any atom is 0.207 e. The van der Waals surface area contributed by atoms with E-state index in [1.165, 1.54) is 0 Å². The number of nitrogens with zero attached hydrogens (tertiary/aromatic N) is 1. The van der Waals surface area contributed by atoms with E-state index in [2.05, 4.69) is 37.3 Å². The summed E-state index contributed by atoms with van der Waals surface area (Å²) in [4.78, 5) is 4.16. The van der Waals surface area contributed by atoms with Gasteiger partial charge in [-0.25, -0.2) is 4.99 Å². The first-order valence-electron chi connectivity index (χ1n) is 6.55. The third kappa shape index (κ3) is 9.75. The molecule has 18 heavy (non-hydrogen) atoms. The summed E-state index contributed by atoms with van der Waals surface area (Å²) in [6.07, 6.45) is 4.22. The van der Waals surface area contributed by atoms with Gasteiger partial charge in [-0.05, 0) is 32.9 Å². The van der Waals surface area contributed by atoms with Crippen molar-refractivity contribution >= 4 is 5.84 Å². The van der Waals surface area contributed by atoms with Gasteiger partial charge in [0.05, 0.1) is 13.2 Å². The first-order chi connectivity index (χ1) is 8.60. The smallest absolute Gasteiger partial charge is 0.207 e. The number of ether oxygens (including phenoxy) is 2. The molecule has 0 atom stereocenters. The molecule has 0 amide bonds. The Kier molecular flexibility index (Phi) is 9.83. The number of rotatable bonds is 10. The van der Waals surface area contributed by atoms with Crippen LogP contribution < -0.4 is 5.32 Å². The van der Waals surface area contributed by atoms with Crippen LogP contribution in [0.2, 0.25) is 0 Å². The molecule has 0 aromatic rings. The fourth-order valence-electron chi connectivity index (χ4n) is 1.16. The third-order valence-electron chi connectivity index (χ3n) is 2.15. The van der Waals surface area contributed by atoms with Crippen molar-refractivity contribution in [3.05, 3.63) is 24.9 Å². The quantitative estimate of drug-likeness (QED) is 0.280. The second-order valence-corrected chi connectivity index (χ2v) is 4.04. The Balaban J connectivity index is 3.87. The van der Waals surface area contributed by atoms with Crippen molar-refractivity contribution in [3.8, 4) is 0 Å². The van der Waals surface area contributed by atoms with Crippen LogP contribution in [0.5, 0.6) is 0 Å². The van der Waals surface area contributed by atoms with Crippen molar-refractivity contribution in [2.75, 3.05) is 13.2 Å². The van der Waals surface area contributed by atoms with Crippen molar-refractivity contribution in [1.82, 2.24) is 5.32 Å². The third-order valence-corrected chi connectivity index (χ3v) is 2.15. The van der Waals surface area contributed by atoms with Crippen LogP contribution in [-0.2, 0) is 9.47 Å². The van der Waals surface area contributed by atoms with E-state index in [4.69, 9.17) is 9.47 Å². The Labute approximate surface area is 111 Å². The highest BCUT2D eigenvalue weighted by Gasteiger charge is 1.98. The van der Waals surface area contributed by atoms with Crippen molar-refractivity contribution in [3.63, 3.8) is 0 Å². The Morgan fingerprint density at radius 3 is 2.17 bits per heavy atom. The Bertz CT molecular complexity index is 286. The predicted molar refractivity (Wildman–Crippen MR) is 76.2 cm³/mol. The van der Waals surface area contributed by atoms with Gasteiger partial charge in [-0.1, -0.05) is 26.7 Å². The average molecular weight is 254 g/mol. The van der Waals surface area contributed by atoms with Crippen molar-refractivity contribution in [2.45, 2.75) is 46.5 Å². The van der Waals surface area contributed by atoms with Gasteiger partial charge in [-0.15, -0.1) is 0 Å². The van der Waals surface area contributed by atoms with Crippen molar-refractivity contribution in [2.24, 2.45) is 4.99 Å². The lowest BCUT2D eigenvalue weighted by molar-refractivity contribution is 0.196. The van der Waals surface area contributed by atoms with Crippen LogP contribution in [0, 0.1) is 0 Å². The van der Waals surface area contributed by atoms with Gasteiger partial charge in [-0.3, -0.25) is 0 Å². The highest BCUT2D eigenvalue weighted by molar-refractivity contribution is 5.81. The molecule has 0 heterocycles. The second kappa shape index (κ2) is 10.7. The molecule has 0 aliphatic carbocycles. The summed E-state index contributed by atoms with van der Waals surface area (Å²) >= 11 is 0. The molecule has 0 unspecified atom stereocenters. The molecule has 0 spiro atoms. The molecule has 104 valence electrons. The molecule has 0 aliphatic rings. The molecular weight excluding hydrogens is 228 g/mol. The standard InChI is InChI=1S/C14H26N2O2/c1-6-8-10-17-13(4)15-12(3)16-14(5)18-11-9-7-2/h4-11H2,1-3H3,(H,15,16). The van der Waals surface area contributed by atoms with Crippen LogP contribution in [0.15, 0.2) is 29.9 Å². The Hall–Kier alpha value is -1.45. The normalized spacial score (nSPS) is 10.9. The van der Waals surface area contributed by atoms with Crippen LogP contribution in [0.25, 0.3) is 0 Å². The zero-order valence-corrected chi connectivity index (χ0v) is 11.9. The number of aliphatic imine (C=N–C) groups is 1. The summed E-state index contributed by atoms with van der Waals surface area (Å²) in [6, 6.07) is 0. The van der Waals surface area contributed by atoms with Crippen LogP contribution in [-0.4, -0.2) is 19.0 Å². The van der Waals surface area contributed by atoms with Gasteiger partial charge in [0.1, 0.15) is 5.84 Å². The minimum absolute atomic E-state index is 0.412. The second-order valence-electron chi connectivity index (χ2n) is 4.04. The van der Waals surface area contributed by atoms with E-state index in [0.29, 0.717) is 30.8 Å². The van der Waals surface area contributed by atoms with Gasteiger partial charge in [0, 0.05) is 0 Å². The molecule has 0 radical (unpaired) electrons. The maximum atomic E-state index is 5.38. The summed E-state index contributed by atoms with van der Waals surface area (Å²) in [5.74, 6) is 1.58. The van der Waals surface area contributed by atoms with Crippen LogP contribution in [0.4, 0.5) is 0 Å². The number of amidine groups is 1. The van der Waals surface area contributed by atoms with E-state index in [1.54, 1.807) is 0 Å². The zero-order chi connectivity index (χ0) is 13.8. The van der Waals surface area contributed by atoms with Gasteiger partial charge in [0.15, 0.2) is 5.88 Å². The molecule has 0 aromatic carbocycles. The van der Waals surface area contributed by atoms with Gasteiger partial charge < -0.3 is 14.8 Å². The SMILES string of the molecule is C=C(N=C(C)NC(=C)OCCCC)OCCCC. The predicted octanol–water partition coefficient (Wildman–Crippen LogP) is 3.57. The molecule has 0 aliphatic heterocycles. The largest absolute Gasteiger partial charge is 0.479 e. The van der Waals surface area contributed by atoms with E-state index < -0.39 is 0 Å². The lowest BCUT2D eigenvalue weighted by Crippen LogP contribution is -2.21. The topological polar surface area (TPSA) is 42.9 Å². The molecule has 0 saturated heterocycles. The first-order valence-corrected chi connectivity index (χ1v) is 6.55. The molecule has 0 fully saturated rings. The number of hydrogen-bond donors (Lipinski definition) is 1. The summed E-state index contributed by atoms with van der Waals surface area (Å²) < 4.78 is 10.7. The average Bonchev–Trinajstić information content (AvgIpc) is 2.29. The molecule has 1 N–H and O–H groups in total. The van der Waals surface area contributed by atoms with Crippen molar-refractivity contribution in [1.29, 1.82) is 0 Å². The molecule has 4 heteroatoms. The van der Waals surface area contributed by atoms with Crippen LogP contribution in [0.3, 0.4) is 0 Å². The van der Waals surface area contributed by atoms with Gasteiger partial charge >= 0.3 is 0 Å². The van der Waals surface area contributed by atoms with Gasteiger partial charge in [-0.2, -0.15) is 0 Å². The maximum absolute atomic E-state index is 5.38. The van der Waals surface area contributed by atoms with Crippen LogP contribution in [0.1, 0.15) is 46.5 Å².